The summed E-state index contributed by atoms with van der Waals surface area (Å²) < 4.78 is 13.5. The van der Waals surface area contributed by atoms with Crippen LogP contribution in [0.15, 0.2) is 12.1 Å². The Bertz CT molecular complexity index is 710. The summed E-state index contributed by atoms with van der Waals surface area (Å²) in [6.07, 6.45) is 12.0. The summed E-state index contributed by atoms with van der Waals surface area (Å²) in [5, 5.41) is 7.67. The van der Waals surface area contributed by atoms with E-state index in [9.17, 15) is 0 Å². The van der Waals surface area contributed by atoms with Crippen LogP contribution in [0.4, 0.5) is 11.4 Å². The lowest BCUT2D eigenvalue weighted by Gasteiger charge is -2.52. The van der Waals surface area contributed by atoms with Gasteiger partial charge in [0.15, 0.2) is 0 Å². The average Bonchev–Trinajstić information content (AvgIpc) is 2.60. The fourth-order valence-electron chi connectivity index (χ4n) is 6.13. The van der Waals surface area contributed by atoms with Gasteiger partial charge in [0.2, 0.25) is 0 Å². The summed E-state index contributed by atoms with van der Waals surface area (Å²) in [7, 11) is 0. The van der Waals surface area contributed by atoms with Gasteiger partial charge in [0, 0.05) is 22.5 Å². The van der Waals surface area contributed by atoms with Crippen molar-refractivity contribution in [1.82, 2.24) is 0 Å². The molecule has 0 saturated heterocycles. The van der Waals surface area contributed by atoms with Crippen molar-refractivity contribution in [3.8, 4) is 0 Å². The minimum absolute atomic E-state index is 0.202. The number of rotatable bonds is 0. The van der Waals surface area contributed by atoms with E-state index < -0.39 is 0 Å². The summed E-state index contributed by atoms with van der Waals surface area (Å²) in [5.41, 5.74) is 3.98. The van der Waals surface area contributed by atoms with Crippen LogP contribution in [0.3, 0.4) is 0 Å². The van der Waals surface area contributed by atoms with Crippen molar-refractivity contribution in [2.24, 2.45) is 0 Å². The van der Waals surface area contributed by atoms with Gasteiger partial charge in [0.25, 0.3) is 0 Å². The Morgan fingerprint density at radius 1 is 0.607 bits per heavy atom. The fourth-order valence-corrected chi connectivity index (χ4v) is 6.13. The molecule has 0 bridgehead atoms. The molecule has 0 radical (unpaired) electrons. The zero-order valence-corrected chi connectivity index (χ0v) is 18.0. The van der Waals surface area contributed by atoms with Crippen LogP contribution < -0.4 is 10.6 Å². The second-order valence-corrected chi connectivity index (χ2v) is 10.5. The van der Waals surface area contributed by atoms with E-state index in [1.54, 1.807) is 0 Å². The molecular weight excluding hydrogens is 348 g/mol. The molecule has 1 aromatic carbocycles. The molecule has 0 aromatic heterocycles. The molecule has 5 rings (SSSR count). The predicted molar refractivity (Wildman–Crippen MR) is 114 cm³/mol. The van der Waals surface area contributed by atoms with Crippen molar-refractivity contribution in [3.63, 3.8) is 0 Å². The molecule has 2 aliphatic carbocycles. The van der Waals surface area contributed by atoms with Crippen LogP contribution >= 0.6 is 0 Å². The monoisotopic (exact) mass is 384 g/mol. The first kappa shape index (κ1) is 18.7. The van der Waals surface area contributed by atoms with Crippen LogP contribution in [0.5, 0.6) is 0 Å². The minimum atomic E-state index is -0.303. The van der Waals surface area contributed by atoms with Gasteiger partial charge in [0.05, 0.1) is 11.2 Å². The second kappa shape index (κ2) is 6.12. The molecule has 2 aliphatic heterocycles. The Kier molecular flexibility index (Phi) is 4.10. The van der Waals surface area contributed by atoms with Gasteiger partial charge in [-0.25, -0.2) is 0 Å². The van der Waals surface area contributed by atoms with Gasteiger partial charge in [-0.1, -0.05) is 12.8 Å². The van der Waals surface area contributed by atoms with Crippen molar-refractivity contribution in [2.45, 2.75) is 115 Å². The quantitative estimate of drug-likeness (QED) is 0.546. The average molecular weight is 385 g/mol. The summed E-state index contributed by atoms with van der Waals surface area (Å²) in [6, 6.07) is 4.68. The molecule has 2 saturated carbocycles. The first-order chi connectivity index (χ1) is 13.2. The molecule has 2 fully saturated rings. The Morgan fingerprint density at radius 3 is 1.39 bits per heavy atom. The van der Waals surface area contributed by atoms with Crippen LogP contribution in [-0.4, -0.2) is 11.4 Å². The largest absolute Gasteiger partial charge is 0.357 e. The number of fused-ring (bicyclic) bond motifs is 2. The lowest BCUT2D eigenvalue weighted by Crippen LogP contribution is -2.53. The third-order valence-electron chi connectivity index (χ3n) is 7.40. The van der Waals surface area contributed by atoms with E-state index in [0.717, 1.165) is 25.7 Å². The van der Waals surface area contributed by atoms with E-state index in [1.807, 2.05) is 0 Å². The van der Waals surface area contributed by atoms with Crippen molar-refractivity contribution < 1.29 is 9.47 Å². The zero-order valence-electron chi connectivity index (χ0n) is 18.0. The van der Waals surface area contributed by atoms with Gasteiger partial charge in [0.1, 0.15) is 11.4 Å². The molecule has 1 aromatic rings. The second-order valence-electron chi connectivity index (χ2n) is 10.5. The SMILES string of the molecule is CC1(C)OC2(CCCCC2)Nc2cc3c(cc21)C(C)(C)OC1(CCCCC1)N3. The molecule has 4 heteroatoms. The van der Waals surface area contributed by atoms with Crippen LogP contribution in [0.25, 0.3) is 0 Å². The van der Waals surface area contributed by atoms with Gasteiger partial charge in [-0.15, -0.1) is 0 Å². The minimum Gasteiger partial charge on any atom is -0.357 e. The zero-order chi connectivity index (χ0) is 19.6. The number of nitrogens with one attached hydrogen (secondary N) is 2. The number of ether oxygens (including phenoxy) is 2. The molecule has 2 N–H and O–H groups in total. The lowest BCUT2D eigenvalue weighted by molar-refractivity contribution is -0.156. The molecule has 0 amide bonds. The fraction of sp³-hybridized carbons (Fsp3) is 0.750. The molecule has 4 aliphatic rings. The van der Waals surface area contributed by atoms with Crippen LogP contribution in [0, 0.1) is 0 Å². The maximum absolute atomic E-state index is 6.73. The van der Waals surface area contributed by atoms with Crippen molar-refractivity contribution in [2.75, 3.05) is 10.6 Å². The molecule has 0 atom stereocenters. The van der Waals surface area contributed by atoms with Gasteiger partial charge in [-0.05, 0) is 91.2 Å². The van der Waals surface area contributed by atoms with E-state index >= 15 is 0 Å². The smallest absolute Gasteiger partial charge is 0.139 e. The number of hydrogen-bond acceptors (Lipinski definition) is 4. The van der Waals surface area contributed by atoms with E-state index in [2.05, 4.69) is 50.5 Å². The molecule has 154 valence electrons. The molecule has 4 nitrogen and oxygen atoms in total. The Hall–Kier alpha value is -1.26. The summed E-state index contributed by atoms with van der Waals surface area (Å²) in [5.74, 6) is 0. The maximum Gasteiger partial charge on any atom is 0.139 e. The molecular formula is C24H36N2O2. The molecule has 2 spiro atoms. The highest BCUT2D eigenvalue weighted by Crippen LogP contribution is 2.52. The first-order valence-corrected chi connectivity index (χ1v) is 11.4. The summed E-state index contributed by atoms with van der Waals surface area (Å²) >= 11 is 0. The van der Waals surface area contributed by atoms with Crippen LogP contribution in [0.2, 0.25) is 0 Å². The number of anilines is 2. The van der Waals surface area contributed by atoms with Crippen molar-refractivity contribution in [1.29, 1.82) is 0 Å². The first-order valence-electron chi connectivity index (χ1n) is 11.4. The molecule has 0 unspecified atom stereocenters. The maximum atomic E-state index is 6.73. The Labute approximate surface area is 169 Å². The summed E-state index contributed by atoms with van der Waals surface area (Å²) in [6.45, 7) is 8.90. The predicted octanol–water partition coefficient (Wildman–Crippen LogP) is 6.36. The van der Waals surface area contributed by atoms with Crippen LogP contribution in [0.1, 0.15) is 103 Å². The molecule has 28 heavy (non-hydrogen) atoms. The normalized spacial score (nSPS) is 28.7. The number of benzene rings is 1. The van der Waals surface area contributed by atoms with Crippen molar-refractivity contribution >= 4 is 11.4 Å². The van der Waals surface area contributed by atoms with Gasteiger partial charge < -0.3 is 20.1 Å². The van der Waals surface area contributed by atoms with E-state index in [0.29, 0.717) is 0 Å². The van der Waals surface area contributed by atoms with Gasteiger partial charge in [-0.2, -0.15) is 0 Å². The van der Waals surface area contributed by atoms with Crippen molar-refractivity contribution in [3.05, 3.63) is 23.3 Å². The van der Waals surface area contributed by atoms with E-state index in [4.69, 9.17) is 9.47 Å². The van der Waals surface area contributed by atoms with Gasteiger partial charge in [-0.3, -0.25) is 0 Å². The van der Waals surface area contributed by atoms with E-state index in [1.165, 1.54) is 61.0 Å². The third-order valence-corrected chi connectivity index (χ3v) is 7.40. The number of hydrogen-bond donors (Lipinski definition) is 2. The Balaban J connectivity index is 1.58. The topological polar surface area (TPSA) is 42.5 Å². The lowest BCUT2D eigenvalue weighted by atomic mass is 9.81. The standard InChI is InChI=1S/C24H36N2O2/c1-21(2)17-15-18-20(16-19(17)25-23(27-21)11-7-5-8-12-23)26-24(28-22(18,3)4)13-9-6-10-14-24/h15-16,25-26H,5-14H2,1-4H3. The Morgan fingerprint density at radius 2 is 1.00 bits per heavy atom. The molecule has 2 heterocycles. The van der Waals surface area contributed by atoms with Gasteiger partial charge >= 0.3 is 0 Å². The highest BCUT2D eigenvalue weighted by atomic mass is 16.5. The third kappa shape index (κ3) is 2.95. The highest BCUT2D eigenvalue weighted by molar-refractivity contribution is 5.70. The highest BCUT2D eigenvalue weighted by Gasteiger charge is 2.48. The van der Waals surface area contributed by atoms with Crippen LogP contribution in [-0.2, 0) is 20.7 Å². The summed E-state index contributed by atoms with van der Waals surface area (Å²) in [4.78, 5) is 0. The van der Waals surface area contributed by atoms with E-state index in [-0.39, 0.29) is 22.7 Å².